The first-order valence-electron chi connectivity index (χ1n) is 8.18. The third kappa shape index (κ3) is 3.78. The zero-order valence-electron chi connectivity index (χ0n) is 13.0. The van der Waals surface area contributed by atoms with Crippen LogP contribution in [-0.2, 0) is 19.1 Å². The molecule has 2 fully saturated rings. The van der Waals surface area contributed by atoms with Crippen molar-refractivity contribution >= 4 is 23.3 Å². The van der Waals surface area contributed by atoms with E-state index in [1.165, 1.54) is 0 Å². The second-order valence-electron chi connectivity index (χ2n) is 6.42. The minimum Gasteiger partial charge on any atom is -0.455 e. The maximum absolute atomic E-state index is 12.2. The lowest BCUT2D eigenvalue weighted by atomic mass is 9.67. The van der Waals surface area contributed by atoms with Crippen molar-refractivity contribution in [3.05, 3.63) is 30.3 Å². The molecule has 0 heterocycles. The Morgan fingerprint density at radius 3 is 2.39 bits per heavy atom. The van der Waals surface area contributed by atoms with Gasteiger partial charge in [0.25, 0.3) is 5.91 Å². The SMILES string of the molecule is O=C(COC(=O)C1C[C@H]2CCC[C@@H](C1)C2=O)Nc1ccccc1. The molecule has 0 radical (unpaired) electrons. The van der Waals surface area contributed by atoms with E-state index < -0.39 is 0 Å². The number of amides is 1. The Labute approximate surface area is 135 Å². The molecule has 2 bridgehead atoms. The molecule has 5 heteroatoms. The number of nitrogens with one attached hydrogen (secondary N) is 1. The largest absolute Gasteiger partial charge is 0.455 e. The fraction of sp³-hybridized carbons (Fsp3) is 0.500. The molecule has 2 saturated carbocycles. The molecule has 2 aliphatic carbocycles. The summed E-state index contributed by atoms with van der Waals surface area (Å²) < 4.78 is 5.15. The van der Waals surface area contributed by atoms with Gasteiger partial charge in [-0.25, -0.2) is 0 Å². The fourth-order valence-electron chi connectivity index (χ4n) is 3.65. The van der Waals surface area contributed by atoms with Crippen LogP contribution in [0.1, 0.15) is 32.1 Å². The third-order valence-electron chi connectivity index (χ3n) is 4.78. The molecule has 3 atom stereocenters. The van der Waals surface area contributed by atoms with Crippen molar-refractivity contribution in [3.63, 3.8) is 0 Å². The number of anilines is 1. The number of fused-ring (bicyclic) bond motifs is 2. The highest BCUT2D eigenvalue weighted by Gasteiger charge is 2.41. The molecule has 23 heavy (non-hydrogen) atoms. The van der Waals surface area contributed by atoms with Crippen LogP contribution in [0.4, 0.5) is 5.69 Å². The van der Waals surface area contributed by atoms with Crippen LogP contribution >= 0.6 is 0 Å². The number of ketones is 1. The van der Waals surface area contributed by atoms with Crippen LogP contribution in [-0.4, -0.2) is 24.3 Å². The number of benzene rings is 1. The Hall–Kier alpha value is -2.17. The summed E-state index contributed by atoms with van der Waals surface area (Å²) in [5, 5.41) is 2.68. The lowest BCUT2D eigenvalue weighted by Gasteiger charge is -2.36. The van der Waals surface area contributed by atoms with Crippen molar-refractivity contribution in [1.29, 1.82) is 0 Å². The molecule has 0 aliphatic heterocycles. The summed E-state index contributed by atoms with van der Waals surface area (Å²) in [6.07, 6.45) is 3.99. The molecule has 0 saturated heterocycles. The van der Waals surface area contributed by atoms with Crippen molar-refractivity contribution < 1.29 is 19.1 Å². The fourth-order valence-corrected chi connectivity index (χ4v) is 3.65. The maximum Gasteiger partial charge on any atom is 0.309 e. The highest BCUT2D eigenvalue weighted by molar-refractivity contribution is 5.93. The molecular formula is C18H21NO4. The van der Waals surface area contributed by atoms with E-state index in [9.17, 15) is 14.4 Å². The predicted octanol–water partition coefficient (Wildman–Crippen LogP) is 2.56. The van der Waals surface area contributed by atoms with Gasteiger partial charge >= 0.3 is 5.97 Å². The molecule has 3 rings (SSSR count). The molecule has 1 unspecified atom stereocenters. The number of carbonyl (C=O) groups is 3. The van der Waals surface area contributed by atoms with E-state index in [0.717, 1.165) is 19.3 Å². The van der Waals surface area contributed by atoms with Gasteiger partial charge in [-0.1, -0.05) is 24.6 Å². The second-order valence-corrected chi connectivity index (χ2v) is 6.42. The standard InChI is InChI=1S/C18H21NO4/c20-16(19-15-7-2-1-3-8-15)11-23-18(22)14-9-12-5-4-6-13(10-14)17(12)21/h1-3,7-8,12-14H,4-6,9-11H2,(H,19,20)/t12-,13+,14?. The van der Waals surface area contributed by atoms with E-state index in [1.807, 2.05) is 18.2 Å². The normalized spacial score (nSPS) is 26.4. The summed E-state index contributed by atoms with van der Waals surface area (Å²) in [5.41, 5.74) is 0.673. The number of hydrogen-bond donors (Lipinski definition) is 1. The average molecular weight is 315 g/mol. The zero-order chi connectivity index (χ0) is 16.2. The topological polar surface area (TPSA) is 72.5 Å². The van der Waals surface area contributed by atoms with E-state index in [1.54, 1.807) is 12.1 Å². The number of para-hydroxylation sites is 1. The molecule has 1 amide bonds. The maximum atomic E-state index is 12.2. The van der Waals surface area contributed by atoms with Crippen molar-refractivity contribution in [2.45, 2.75) is 32.1 Å². The van der Waals surface area contributed by atoms with Crippen LogP contribution < -0.4 is 5.32 Å². The van der Waals surface area contributed by atoms with Gasteiger partial charge in [0, 0.05) is 17.5 Å². The second kappa shape index (κ2) is 6.94. The van der Waals surface area contributed by atoms with Crippen molar-refractivity contribution in [1.82, 2.24) is 0 Å². The summed E-state index contributed by atoms with van der Waals surface area (Å²) in [5.74, 6) is -0.597. The summed E-state index contributed by atoms with van der Waals surface area (Å²) in [6, 6.07) is 9.04. The highest BCUT2D eigenvalue weighted by atomic mass is 16.5. The smallest absolute Gasteiger partial charge is 0.309 e. The van der Waals surface area contributed by atoms with Crippen LogP contribution in [0.2, 0.25) is 0 Å². The van der Waals surface area contributed by atoms with Crippen LogP contribution in [0, 0.1) is 17.8 Å². The number of esters is 1. The predicted molar refractivity (Wildman–Crippen MR) is 84.6 cm³/mol. The van der Waals surface area contributed by atoms with Gasteiger partial charge in [-0.05, 0) is 37.8 Å². The van der Waals surface area contributed by atoms with Crippen LogP contribution in [0.25, 0.3) is 0 Å². The van der Waals surface area contributed by atoms with E-state index in [0.29, 0.717) is 24.3 Å². The van der Waals surface area contributed by atoms with E-state index in [2.05, 4.69) is 5.32 Å². The Morgan fingerprint density at radius 2 is 1.74 bits per heavy atom. The number of ether oxygens (including phenoxy) is 1. The molecule has 0 aromatic heterocycles. The minimum atomic E-state index is -0.350. The summed E-state index contributed by atoms with van der Waals surface area (Å²) in [4.78, 5) is 36.0. The van der Waals surface area contributed by atoms with Gasteiger partial charge in [0.2, 0.25) is 0 Å². The first-order chi connectivity index (χ1) is 11.1. The zero-order valence-corrected chi connectivity index (χ0v) is 13.0. The average Bonchev–Trinajstić information content (AvgIpc) is 2.53. The number of Topliss-reactive ketones (excluding diaryl/α,β-unsaturated/α-hetero) is 1. The minimum absolute atomic E-state index is 0.0122. The number of carbonyl (C=O) groups excluding carboxylic acids is 3. The van der Waals surface area contributed by atoms with Crippen LogP contribution in [0.5, 0.6) is 0 Å². The van der Waals surface area contributed by atoms with Crippen LogP contribution in [0.3, 0.4) is 0 Å². The van der Waals surface area contributed by atoms with Gasteiger partial charge in [0.15, 0.2) is 6.61 Å². The van der Waals surface area contributed by atoms with E-state index in [-0.39, 0.29) is 36.2 Å². The van der Waals surface area contributed by atoms with Crippen molar-refractivity contribution in [2.24, 2.45) is 17.8 Å². The van der Waals surface area contributed by atoms with E-state index in [4.69, 9.17) is 4.74 Å². The summed E-state index contributed by atoms with van der Waals surface area (Å²) >= 11 is 0. The Balaban J connectivity index is 1.48. The van der Waals surface area contributed by atoms with Crippen molar-refractivity contribution in [2.75, 3.05) is 11.9 Å². The molecule has 1 aromatic carbocycles. The molecule has 1 N–H and O–H groups in total. The van der Waals surface area contributed by atoms with E-state index >= 15 is 0 Å². The van der Waals surface area contributed by atoms with Gasteiger partial charge in [-0.3, -0.25) is 14.4 Å². The molecule has 0 spiro atoms. The first kappa shape index (κ1) is 15.7. The molecule has 122 valence electrons. The molecular weight excluding hydrogens is 294 g/mol. The third-order valence-corrected chi connectivity index (χ3v) is 4.78. The summed E-state index contributed by atoms with van der Waals surface area (Å²) in [7, 11) is 0. The van der Waals surface area contributed by atoms with Gasteiger partial charge < -0.3 is 10.1 Å². The van der Waals surface area contributed by atoms with Gasteiger partial charge in [0.05, 0.1) is 5.92 Å². The lowest BCUT2D eigenvalue weighted by molar-refractivity contribution is -0.155. The monoisotopic (exact) mass is 315 g/mol. The molecule has 2 aliphatic rings. The Morgan fingerprint density at radius 1 is 1.09 bits per heavy atom. The van der Waals surface area contributed by atoms with Crippen molar-refractivity contribution in [3.8, 4) is 0 Å². The summed E-state index contributed by atoms with van der Waals surface area (Å²) in [6.45, 7) is -0.284. The number of rotatable bonds is 4. The lowest BCUT2D eigenvalue weighted by Crippen LogP contribution is -2.40. The molecule has 1 aromatic rings. The highest BCUT2D eigenvalue weighted by Crippen LogP contribution is 2.40. The first-order valence-corrected chi connectivity index (χ1v) is 8.18. The van der Waals surface area contributed by atoms with Crippen LogP contribution in [0.15, 0.2) is 30.3 Å². The molecule has 5 nitrogen and oxygen atoms in total. The quantitative estimate of drug-likeness (QED) is 0.867. The Bertz CT molecular complexity index is 582. The van der Waals surface area contributed by atoms with Gasteiger partial charge in [0.1, 0.15) is 5.78 Å². The Kier molecular flexibility index (Phi) is 4.74. The number of hydrogen-bond acceptors (Lipinski definition) is 4. The van der Waals surface area contributed by atoms with Gasteiger partial charge in [-0.2, -0.15) is 0 Å². The van der Waals surface area contributed by atoms with Gasteiger partial charge in [-0.15, -0.1) is 0 Å².